The molecule has 0 aromatic heterocycles. The van der Waals surface area contributed by atoms with E-state index in [4.69, 9.17) is 137 Å². The third-order valence-electron chi connectivity index (χ3n) is 17.7. The van der Waals surface area contributed by atoms with Crippen molar-refractivity contribution in [1.29, 1.82) is 0 Å². The predicted molar refractivity (Wildman–Crippen MR) is 383 cm³/mol. The van der Waals surface area contributed by atoms with Crippen molar-refractivity contribution in [2.45, 2.75) is 316 Å². The number of ether oxygens (including phenoxy) is 29. The average molecular weight is 1790 g/mol. The van der Waals surface area contributed by atoms with Gasteiger partial charge in [0.2, 0.25) is 5.91 Å². The molecule has 50 heteroatoms. The van der Waals surface area contributed by atoms with Gasteiger partial charge in [0.1, 0.15) is 87.4 Å². The normalized spacial score (nSPS) is 33.1. The number of carbonyl (C=O) groups excluding carboxylic acids is 19. The number of esters is 18. The molecule has 0 saturated carbocycles. The van der Waals surface area contributed by atoms with Crippen LogP contribution < -0.4 is 5.32 Å². The Morgan fingerprint density at radius 2 is 0.395 bits per heavy atom. The van der Waals surface area contributed by atoms with E-state index >= 15 is 0 Å². The van der Waals surface area contributed by atoms with Crippen LogP contribution in [-0.4, -0.2) is 342 Å². The van der Waals surface area contributed by atoms with E-state index in [2.05, 4.69) is 5.32 Å². The number of amides is 1. The summed E-state index contributed by atoms with van der Waals surface area (Å²) in [6.45, 7) is 10.6. The molecule has 6 aliphatic heterocycles. The van der Waals surface area contributed by atoms with E-state index in [1.54, 1.807) is 0 Å². The van der Waals surface area contributed by atoms with Crippen LogP contribution in [0.4, 0.5) is 0 Å². The van der Waals surface area contributed by atoms with Gasteiger partial charge < -0.3 is 148 Å². The standard InChI is InChI=1S/C74H101NO49/c1-26(76)75-51-58(107-36(11)86)52(45(116-69(51)95)20-96-27(2)77)122-72-68(115-44(19)94)63(124-74-67(114-43(18)93)61(110-39(14)89)55(104-33(8)83)48(120-74)23-99-30(5)80)57(106-35(10)85)50(121-72)25-101-71-65(112-41(16)91)62(123-73-66(113-42(17)92)60(109-38(13)88)54(103-32(7)82)47(119-73)22-98-29(4)79)56(105-34(9)84)49(118-71)24-100-70-64(111-40(15)90)59(108-37(12)87)53(102-31(6)81)46(117-70)21-97-28(3)78/h45-74,95H,20-25H2,1-19H3,(H,75,76)/t45-,46-,47-,48-,49-,50-,51-,52-,53-,54-,55-,56-,57-,58-,59+,60+,61+,62+,63+,64+,65+,66+,67+,68+,69-,70+,71+,72+,73-,74-/m1/s1. The quantitative estimate of drug-likeness (QED) is 0.0456. The highest BCUT2D eigenvalue weighted by atomic mass is 16.8. The van der Waals surface area contributed by atoms with Gasteiger partial charge in [-0.3, -0.25) is 91.1 Å². The van der Waals surface area contributed by atoms with E-state index in [9.17, 15) is 96.2 Å². The Hall–Kier alpha value is -10.5. The topological polar surface area (TPSA) is 624 Å². The maximum atomic E-state index is 14.0. The SMILES string of the molecule is CC(=O)N[C@@H]1[C@@H](OC(C)=O)[C@H](O[C@@H]2O[C@H](CO[C@H]3O[C@H](CO[C@H]4O[C@H](COC(C)=O)[C@@H](OC(C)=O)[C@H](OC(C)=O)[C@@H]4OC(C)=O)[C@@H](OC(C)=O)[C@H](O[C@H]4O[C@H](COC(C)=O)[C@@H](OC(C)=O)[C@H](OC(C)=O)[C@@H]4OC(C)=O)[C@@H]3OC(C)=O)[C@@H](OC(C)=O)[C@H](O[C@H]3O[C@H](COC(C)=O)[C@@H](OC(C)=O)[C@H](OC(C)=O)[C@@H]3OC(C)=O)[C@@H]2OC(C)=O)[C@@H](COC(C)=O)O[C@H]1O. The van der Waals surface area contributed by atoms with Gasteiger partial charge in [0, 0.05) is 132 Å². The van der Waals surface area contributed by atoms with Crippen molar-refractivity contribution in [1.82, 2.24) is 5.32 Å². The zero-order valence-electron chi connectivity index (χ0n) is 70.6. The van der Waals surface area contributed by atoms with Crippen molar-refractivity contribution in [3.8, 4) is 0 Å². The van der Waals surface area contributed by atoms with E-state index in [0.29, 0.717) is 0 Å². The zero-order chi connectivity index (χ0) is 92.7. The number of aliphatic hydroxyl groups is 1. The second-order valence-electron chi connectivity index (χ2n) is 28.2. The second kappa shape index (κ2) is 47.0. The minimum atomic E-state index is -2.51. The summed E-state index contributed by atoms with van der Waals surface area (Å²) in [5.41, 5.74) is 0. The molecule has 0 aliphatic carbocycles. The van der Waals surface area contributed by atoms with Gasteiger partial charge in [0.05, 0.1) is 13.2 Å². The molecule has 6 aliphatic rings. The second-order valence-corrected chi connectivity index (χ2v) is 28.2. The Morgan fingerprint density at radius 1 is 0.210 bits per heavy atom. The van der Waals surface area contributed by atoms with Gasteiger partial charge in [-0.05, 0) is 0 Å². The first kappa shape index (κ1) is 102. The van der Waals surface area contributed by atoms with E-state index < -0.39 is 337 Å². The third-order valence-corrected chi connectivity index (χ3v) is 17.7. The van der Waals surface area contributed by atoms with Crippen molar-refractivity contribution in [3.63, 3.8) is 0 Å². The summed E-state index contributed by atoms with van der Waals surface area (Å²) < 4.78 is 172. The molecule has 0 aromatic rings. The number of nitrogens with one attached hydrogen (secondary N) is 1. The van der Waals surface area contributed by atoms with Gasteiger partial charge in [0.15, 0.2) is 123 Å². The molecule has 6 heterocycles. The maximum absolute atomic E-state index is 14.0. The fraction of sp³-hybridized carbons (Fsp3) is 0.743. The van der Waals surface area contributed by atoms with Gasteiger partial charge in [-0.15, -0.1) is 0 Å². The molecule has 0 unspecified atom stereocenters. The van der Waals surface area contributed by atoms with Crippen molar-refractivity contribution in [3.05, 3.63) is 0 Å². The summed E-state index contributed by atoms with van der Waals surface area (Å²) in [7, 11) is 0. The van der Waals surface area contributed by atoms with Crippen molar-refractivity contribution in [2.75, 3.05) is 39.6 Å². The lowest BCUT2D eigenvalue weighted by Crippen LogP contribution is -2.70. The molecule has 1 amide bonds. The van der Waals surface area contributed by atoms with Crippen LogP contribution >= 0.6 is 0 Å². The molecule has 2 N–H and O–H groups in total. The minimum Gasteiger partial charge on any atom is -0.463 e. The highest BCUT2D eigenvalue weighted by Crippen LogP contribution is 2.42. The van der Waals surface area contributed by atoms with Crippen LogP contribution in [0.15, 0.2) is 0 Å². The Balaban J connectivity index is 1.72. The van der Waals surface area contributed by atoms with Crippen LogP contribution in [0.5, 0.6) is 0 Å². The molecule has 6 fully saturated rings. The van der Waals surface area contributed by atoms with Crippen LogP contribution in [0.3, 0.4) is 0 Å². The van der Waals surface area contributed by atoms with Gasteiger partial charge in [-0.1, -0.05) is 0 Å². The summed E-state index contributed by atoms with van der Waals surface area (Å²) >= 11 is 0. The number of aliphatic hydroxyl groups excluding tert-OH is 1. The van der Waals surface area contributed by atoms with Crippen LogP contribution in [0, 0.1) is 0 Å². The molecule has 0 bridgehead atoms. The highest BCUT2D eigenvalue weighted by molar-refractivity contribution is 5.75. The first-order chi connectivity index (χ1) is 58.0. The minimum absolute atomic E-state index is 0.791. The first-order valence-corrected chi connectivity index (χ1v) is 38.0. The molecule has 0 spiro atoms. The monoisotopic (exact) mass is 1790 g/mol. The third kappa shape index (κ3) is 30.4. The van der Waals surface area contributed by atoms with Crippen molar-refractivity contribution < 1.29 is 234 Å². The van der Waals surface area contributed by atoms with Gasteiger partial charge >= 0.3 is 107 Å². The lowest BCUT2D eigenvalue weighted by molar-refractivity contribution is -0.385. The van der Waals surface area contributed by atoms with Crippen molar-refractivity contribution in [2.24, 2.45) is 0 Å². The molecule has 50 nitrogen and oxygen atoms in total. The highest BCUT2D eigenvalue weighted by Gasteiger charge is 2.63. The molecular weight excluding hydrogens is 1690 g/mol. The first-order valence-electron chi connectivity index (χ1n) is 38.0. The molecular formula is C74H101NO49. The van der Waals surface area contributed by atoms with Crippen LogP contribution in [0.2, 0.25) is 0 Å². The number of hydrogen-bond donors (Lipinski definition) is 2. The summed E-state index contributed by atoms with van der Waals surface area (Å²) in [6, 6.07) is -1.86. The van der Waals surface area contributed by atoms with Gasteiger partial charge in [-0.2, -0.15) is 0 Å². The Morgan fingerprint density at radius 3 is 0.645 bits per heavy atom. The van der Waals surface area contributed by atoms with Crippen LogP contribution in [-0.2, 0) is 228 Å². The lowest BCUT2D eigenvalue weighted by atomic mass is 9.94. The van der Waals surface area contributed by atoms with Crippen LogP contribution in [0.1, 0.15) is 132 Å². The van der Waals surface area contributed by atoms with Crippen molar-refractivity contribution >= 4 is 113 Å². The lowest BCUT2D eigenvalue weighted by Gasteiger charge is -2.51. The number of hydrogen-bond acceptors (Lipinski definition) is 49. The van der Waals surface area contributed by atoms with E-state index in [-0.39, 0.29) is 0 Å². The molecule has 0 radical (unpaired) electrons. The summed E-state index contributed by atoms with van der Waals surface area (Å²) in [5, 5.41) is 13.9. The fourth-order valence-electron chi connectivity index (χ4n) is 13.8. The molecule has 0 aromatic carbocycles. The Labute approximate surface area is 705 Å². The molecule has 696 valence electrons. The Kier molecular flexibility index (Phi) is 38.7. The smallest absolute Gasteiger partial charge is 0.303 e. The van der Waals surface area contributed by atoms with E-state index in [1.165, 1.54) is 0 Å². The van der Waals surface area contributed by atoms with Crippen LogP contribution in [0.25, 0.3) is 0 Å². The summed E-state index contributed by atoms with van der Waals surface area (Å²) in [5.74, 6) is -21.5. The zero-order valence-corrected chi connectivity index (χ0v) is 70.6. The molecule has 124 heavy (non-hydrogen) atoms. The largest absolute Gasteiger partial charge is 0.463 e. The van der Waals surface area contributed by atoms with E-state index in [0.717, 1.165) is 132 Å². The van der Waals surface area contributed by atoms with Gasteiger partial charge in [-0.25, -0.2) is 0 Å². The number of carbonyl (C=O) groups is 19. The van der Waals surface area contributed by atoms with Gasteiger partial charge in [0.25, 0.3) is 0 Å². The summed E-state index contributed by atoms with van der Waals surface area (Å²) in [4.78, 5) is 250. The maximum Gasteiger partial charge on any atom is 0.303 e. The number of rotatable bonds is 35. The summed E-state index contributed by atoms with van der Waals surface area (Å²) in [6.07, 6.45) is -62.4. The molecule has 6 rings (SSSR count). The average Bonchev–Trinajstić information content (AvgIpc) is 0.754. The molecule has 6 saturated heterocycles. The predicted octanol–water partition coefficient (Wildman–Crippen LogP) is -3.68. The molecule has 30 atom stereocenters. The van der Waals surface area contributed by atoms with E-state index in [1.807, 2.05) is 0 Å². The Bertz CT molecular complexity index is 3850. The fourth-order valence-corrected chi connectivity index (χ4v) is 13.8.